The Hall–Kier alpha value is -2.22. The highest BCUT2D eigenvalue weighted by molar-refractivity contribution is 5.87. The Kier molecular flexibility index (Phi) is 2.79. The van der Waals surface area contributed by atoms with Crippen LogP contribution in [0.25, 0.3) is 16.6 Å². The van der Waals surface area contributed by atoms with Crippen LogP contribution in [-0.4, -0.2) is 11.7 Å². The molecule has 2 nitrogen and oxygen atoms in total. The SMILES string of the molecule is COc1ccc(-n2c(C)c(C)c3ccccc32)cc1. The molecule has 96 valence electrons. The lowest BCUT2D eigenvalue weighted by atomic mass is 10.2. The Morgan fingerprint density at radius 2 is 1.58 bits per heavy atom. The Balaban J connectivity index is 2.26. The number of hydrogen-bond donors (Lipinski definition) is 0. The van der Waals surface area contributed by atoms with Crippen LogP contribution < -0.4 is 4.74 Å². The number of rotatable bonds is 2. The molecule has 0 aliphatic heterocycles. The first-order chi connectivity index (χ1) is 9.22. The maximum absolute atomic E-state index is 5.22. The number of fused-ring (bicyclic) bond motifs is 1. The van der Waals surface area contributed by atoms with E-state index in [-0.39, 0.29) is 0 Å². The minimum Gasteiger partial charge on any atom is -0.497 e. The van der Waals surface area contributed by atoms with Gasteiger partial charge in [0.05, 0.1) is 12.6 Å². The van der Waals surface area contributed by atoms with Crippen molar-refractivity contribution in [2.75, 3.05) is 7.11 Å². The van der Waals surface area contributed by atoms with E-state index in [0.717, 1.165) is 5.75 Å². The van der Waals surface area contributed by atoms with Gasteiger partial charge in [-0.3, -0.25) is 0 Å². The minimum absolute atomic E-state index is 0.884. The van der Waals surface area contributed by atoms with Crippen molar-refractivity contribution >= 4 is 10.9 Å². The number of benzene rings is 2. The van der Waals surface area contributed by atoms with E-state index in [0.29, 0.717) is 0 Å². The molecule has 0 radical (unpaired) electrons. The normalized spacial score (nSPS) is 10.9. The first-order valence-electron chi connectivity index (χ1n) is 6.43. The van der Waals surface area contributed by atoms with Gasteiger partial charge in [0.1, 0.15) is 5.75 Å². The third kappa shape index (κ3) is 1.80. The molecule has 0 aliphatic carbocycles. The monoisotopic (exact) mass is 251 g/mol. The molecule has 1 aromatic heterocycles. The van der Waals surface area contributed by atoms with Gasteiger partial charge >= 0.3 is 0 Å². The van der Waals surface area contributed by atoms with Crippen LogP contribution in [0.3, 0.4) is 0 Å². The summed E-state index contributed by atoms with van der Waals surface area (Å²) in [7, 11) is 1.69. The van der Waals surface area contributed by atoms with E-state index < -0.39 is 0 Å². The van der Waals surface area contributed by atoms with Gasteiger partial charge in [-0.2, -0.15) is 0 Å². The molecule has 3 aromatic rings. The number of ether oxygens (including phenoxy) is 1. The molecule has 0 atom stereocenters. The Morgan fingerprint density at radius 1 is 0.895 bits per heavy atom. The summed E-state index contributed by atoms with van der Waals surface area (Å²) in [5.74, 6) is 0.884. The lowest BCUT2D eigenvalue weighted by Gasteiger charge is -2.09. The quantitative estimate of drug-likeness (QED) is 0.664. The molecule has 1 heterocycles. The number of aryl methyl sites for hydroxylation is 1. The molecular formula is C17H17NO. The molecule has 0 N–H and O–H groups in total. The molecule has 0 aliphatic rings. The fourth-order valence-corrected chi connectivity index (χ4v) is 2.59. The largest absolute Gasteiger partial charge is 0.497 e. The summed E-state index contributed by atoms with van der Waals surface area (Å²) >= 11 is 0. The molecule has 0 amide bonds. The van der Waals surface area contributed by atoms with Gasteiger partial charge in [0, 0.05) is 16.8 Å². The lowest BCUT2D eigenvalue weighted by molar-refractivity contribution is 0.415. The van der Waals surface area contributed by atoms with Crippen LogP contribution in [0.1, 0.15) is 11.3 Å². The number of hydrogen-bond acceptors (Lipinski definition) is 1. The van der Waals surface area contributed by atoms with Gasteiger partial charge in [-0.15, -0.1) is 0 Å². The van der Waals surface area contributed by atoms with Crippen LogP contribution in [0.4, 0.5) is 0 Å². The summed E-state index contributed by atoms with van der Waals surface area (Å²) in [6, 6.07) is 16.7. The Morgan fingerprint density at radius 3 is 2.26 bits per heavy atom. The van der Waals surface area contributed by atoms with E-state index in [4.69, 9.17) is 4.74 Å². The van der Waals surface area contributed by atoms with Gasteiger partial charge in [-0.25, -0.2) is 0 Å². The number of methoxy groups -OCH3 is 1. The van der Waals surface area contributed by atoms with Gasteiger partial charge in [0.25, 0.3) is 0 Å². The lowest BCUT2D eigenvalue weighted by Crippen LogP contribution is -1.96. The van der Waals surface area contributed by atoms with Gasteiger partial charge < -0.3 is 9.30 Å². The van der Waals surface area contributed by atoms with Crippen molar-refractivity contribution in [1.29, 1.82) is 0 Å². The number of para-hydroxylation sites is 1. The fourth-order valence-electron chi connectivity index (χ4n) is 2.59. The van der Waals surface area contributed by atoms with Crippen LogP contribution in [0.2, 0.25) is 0 Å². The van der Waals surface area contributed by atoms with Crippen LogP contribution in [0, 0.1) is 13.8 Å². The summed E-state index contributed by atoms with van der Waals surface area (Å²) in [5, 5.41) is 1.32. The highest BCUT2D eigenvalue weighted by atomic mass is 16.5. The molecule has 0 spiro atoms. The van der Waals surface area contributed by atoms with Crippen LogP contribution in [0.5, 0.6) is 5.75 Å². The van der Waals surface area contributed by atoms with Crippen LogP contribution in [-0.2, 0) is 0 Å². The molecule has 0 unspecified atom stereocenters. The van der Waals surface area contributed by atoms with Crippen LogP contribution in [0.15, 0.2) is 48.5 Å². The van der Waals surface area contributed by atoms with Crippen molar-refractivity contribution in [3.8, 4) is 11.4 Å². The highest BCUT2D eigenvalue weighted by Gasteiger charge is 2.11. The summed E-state index contributed by atoms with van der Waals surface area (Å²) in [6.07, 6.45) is 0. The zero-order chi connectivity index (χ0) is 13.4. The van der Waals surface area contributed by atoms with Gasteiger partial charge in [-0.05, 0) is 49.7 Å². The summed E-state index contributed by atoms with van der Waals surface area (Å²) < 4.78 is 7.51. The van der Waals surface area contributed by atoms with Crippen molar-refractivity contribution in [3.05, 3.63) is 59.8 Å². The maximum atomic E-state index is 5.22. The molecule has 0 bridgehead atoms. The Labute approximate surface area is 113 Å². The molecule has 19 heavy (non-hydrogen) atoms. The van der Waals surface area contributed by atoms with Crippen molar-refractivity contribution in [2.45, 2.75) is 13.8 Å². The van der Waals surface area contributed by atoms with E-state index in [1.54, 1.807) is 7.11 Å². The molecule has 0 saturated heterocycles. The summed E-state index contributed by atoms with van der Waals surface area (Å²) in [4.78, 5) is 0. The van der Waals surface area contributed by atoms with E-state index in [9.17, 15) is 0 Å². The highest BCUT2D eigenvalue weighted by Crippen LogP contribution is 2.28. The number of nitrogens with zero attached hydrogens (tertiary/aromatic N) is 1. The van der Waals surface area contributed by atoms with E-state index in [1.165, 1.54) is 27.8 Å². The zero-order valence-corrected chi connectivity index (χ0v) is 11.5. The Bertz CT molecular complexity index is 723. The second kappa shape index (κ2) is 4.47. The van der Waals surface area contributed by atoms with E-state index in [1.807, 2.05) is 12.1 Å². The molecular weight excluding hydrogens is 234 g/mol. The molecule has 2 heteroatoms. The molecule has 3 rings (SSSR count). The maximum Gasteiger partial charge on any atom is 0.119 e. The average Bonchev–Trinajstić information content (AvgIpc) is 2.72. The second-order valence-electron chi connectivity index (χ2n) is 4.76. The summed E-state index contributed by atoms with van der Waals surface area (Å²) in [6.45, 7) is 4.34. The minimum atomic E-state index is 0.884. The predicted octanol–water partition coefficient (Wildman–Crippen LogP) is 4.26. The van der Waals surface area contributed by atoms with E-state index >= 15 is 0 Å². The predicted molar refractivity (Wildman–Crippen MR) is 79.3 cm³/mol. The molecule has 2 aromatic carbocycles. The van der Waals surface area contributed by atoms with Crippen molar-refractivity contribution in [2.24, 2.45) is 0 Å². The van der Waals surface area contributed by atoms with E-state index in [2.05, 4.69) is 54.8 Å². The fraction of sp³-hybridized carbons (Fsp3) is 0.176. The number of aromatic nitrogens is 1. The van der Waals surface area contributed by atoms with Gasteiger partial charge in [-0.1, -0.05) is 18.2 Å². The molecule has 0 saturated carbocycles. The van der Waals surface area contributed by atoms with Crippen molar-refractivity contribution in [3.63, 3.8) is 0 Å². The zero-order valence-electron chi connectivity index (χ0n) is 11.5. The summed E-state index contributed by atoms with van der Waals surface area (Å²) in [5.41, 5.74) is 5.04. The first-order valence-corrected chi connectivity index (χ1v) is 6.43. The van der Waals surface area contributed by atoms with Crippen molar-refractivity contribution < 1.29 is 4.74 Å². The van der Waals surface area contributed by atoms with Crippen LogP contribution >= 0.6 is 0 Å². The van der Waals surface area contributed by atoms with Gasteiger partial charge in [0.15, 0.2) is 0 Å². The molecule has 0 fully saturated rings. The average molecular weight is 251 g/mol. The third-order valence-corrected chi connectivity index (χ3v) is 3.76. The third-order valence-electron chi connectivity index (χ3n) is 3.76. The smallest absolute Gasteiger partial charge is 0.119 e. The second-order valence-corrected chi connectivity index (χ2v) is 4.76. The van der Waals surface area contributed by atoms with Crippen molar-refractivity contribution in [1.82, 2.24) is 4.57 Å². The topological polar surface area (TPSA) is 14.2 Å². The van der Waals surface area contributed by atoms with Gasteiger partial charge in [0.2, 0.25) is 0 Å². The standard InChI is InChI=1S/C17H17NO/c1-12-13(2)18(17-7-5-4-6-16(12)17)14-8-10-15(19-3)11-9-14/h4-11H,1-3H3. The first kappa shape index (κ1) is 11.8.